The number of hydrogen-bond donors (Lipinski definition) is 1. The molecule has 2 rings (SSSR count). The predicted octanol–water partition coefficient (Wildman–Crippen LogP) is 0.690. The molecule has 2 unspecified atom stereocenters. The summed E-state index contributed by atoms with van der Waals surface area (Å²) in [5.74, 6) is 0.947. The minimum atomic E-state index is 0.812. The standard InChI is InChI=1S/C9H18N2/c1-10-9-4-6-11-5-2-3-8(9)7-11/h8-10H,2-7H2,1H3/t8?,9-/m0/s1. The van der Waals surface area contributed by atoms with Gasteiger partial charge in [-0.15, -0.1) is 0 Å². The number of rotatable bonds is 1. The number of hydrogen-bond acceptors (Lipinski definition) is 2. The Labute approximate surface area is 69.0 Å². The van der Waals surface area contributed by atoms with Gasteiger partial charge in [0, 0.05) is 12.6 Å². The number of fused-ring (bicyclic) bond motifs is 2. The van der Waals surface area contributed by atoms with Crippen LogP contribution in [0.4, 0.5) is 0 Å². The largest absolute Gasteiger partial charge is 0.317 e. The van der Waals surface area contributed by atoms with E-state index >= 15 is 0 Å². The van der Waals surface area contributed by atoms with Gasteiger partial charge in [-0.05, 0) is 45.3 Å². The van der Waals surface area contributed by atoms with Crippen molar-refractivity contribution in [3.8, 4) is 0 Å². The van der Waals surface area contributed by atoms with Crippen LogP contribution in [0.15, 0.2) is 0 Å². The summed E-state index contributed by atoms with van der Waals surface area (Å²) >= 11 is 0. The molecule has 0 spiro atoms. The zero-order valence-corrected chi connectivity index (χ0v) is 7.34. The number of piperidine rings is 2. The maximum atomic E-state index is 3.43. The second-order valence-electron chi connectivity index (χ2n) is 3.89. The molecule has 64 valence electrons. The van der Waals surface area contributed by atoms with Crippen LogP contribution in [0.25, 0.3) is 0 Å². The molecule has 2 heterocycles. The molecule has 1 N–H and O–H groups in total. The molecule has 0 aromatic carbocycles. The van der Waals surface area contributed by atoms with Crippen molar-refractivity contribution in [2.45, 2.75) is 25.3 Å². The molecule has 0 aromatic rings. The molecule has 11 heavy (non-hydrogen) atoms. The second kappa shape index (κ2) is 3.11. The van der Waals surface area contributed by atoms with Crippen LogP contribution in [0.2, 0.25) is 0 Å². The SMILES string of the molecule is CN[C@H]1CCN2CCCC1C2. The monoisotopic (exact) mass is 154 g/mol. The van der Waals surface area contributed by atoms with E-state index in [1.807, 2.05) is 0 Å². The van der Waals surface area contributed by atoms with Gasteiger partial charge in [-0.1, -0.05) is 0 Å². The topological polar surface area (TPSA) is 15.3 Å². The lowest BCUT2D eigenvalue weighted by Crippen LogP contribution is -2.51. The lowest BCUT2D eigenvalue weighted by molar-refractivity contribution is 0.0954. The van der Waals surface area contributed by atoms with Crippen LogP contribution in [0.1, 0.15) is 19.3 Å². The highest BCUT2D eigenvalue weighted by atomic mass is 15.2. The molecule has 2 bridgehead atoms. The van der Waals surface area contributed by atoms with Gasteiger partial charge in [0.1, 0.15) is 0 Å². The van der Waals surface area contributed by atoms with E-state index in [0.29, 0.717) is 0 Å². The summed E-state index contributed by atoms with van der Waals surface area (Å²) < 4.78 is 0. The summed E-state index contributed by atoms with van der Waals surface area (Å²) in [6.45, 7) is 4.03. The third kappa shape index (κ3) is 1.42. The summed E-state index contributed by atoms with van der Waals surface area (Å²) in [6, 6.07) is 0.812. The third-order valence-corrected chi connectivity index (χ3v) is 3.24. The molecule has 0 aliphatic carbocycles. The molecule has 0 amide bonds. The predicted molar refractivity (Wildman–Crippen MR) is 46.6 cm³/mol. The third-order valence-electron chi connectivity index (χ3n) is 3.24. The fourth-order valence-corrected chi connectivity index (χ4v) is 2.56. The Kier molecular flexibility index (Phi) is 2.14. The first-order chi connectivity index (χ1) is 5.40. The van der Waals surface area contributed by atoms with Crippen molar-refractivity contribution in [2.75, 3.05) is 26.7 Å². The highest BCUT2D eigenvalue weighted by Crippen LogP contribution is 2.25. The van der Waals surface area contributed by atoms with E-state index in [0.717, 1.165) is 12.0 Å². The molecule has 2 fully saturated rings. The molecular weight excluding hydrogens is 136 g/mol. The fraction of sp³-hybridized carbons (Fsp3) is 1.00. The zero-order chi connectivity index (χ0) is 7.68. The van der Waals surface area contributed by atoms with Gasteiger partial charge in [-0.2, -0.15) is 0 Å². The van der Waals surface area contributed by atoms with Crippen LogP contribution in [0, 0.1) is 5.92 Å². The Morgan fingerprint density at radius 1 is 1.27 bits per heavy atom. The van der Waals surface area contributed by atoms with Gasteiger partial charge >= 0.3 is 0 Å². The Morgan fingerprint density at radius 2 is 2.18 bits per heavy atom. The highest BCUT2D eigenvalue weighted by Gasteiger charge is 2.30. The van der Waals surface area contributed by atoms with Gasteiger partial charge in [0.05, 0.1) is 0 Å². The van der Waals surface area contributed by atoms with Gasteiger partial charge in [-0.25, -0.2) is 0 Å². The van der Waals surface area contributed by atoms with Gasteiger partial charge in [0.15, 0.2) is 0 Å². The molecule has 2 aliphatic heterocycles. The average Bonchev–Trinajstić information content (AvgIpc) is 2.06. The average molecular weight is 154 g/mol. The molecular formula is C9H18N2. The summed E-state index contributed by atoms with van der Waals surface area (Å²) in [5, 5.41) is 3.43. The maximum absolute atomic E-state index is 3.43. The molecule has 0 saturated carbocycles. The molecule has 2 saturated heterocycles. The van der Waals surface area contributed by atoms with Crippen LogP contribution in [0.5, 0.6) is 0 Å². The summed E-state index contributed by atoms with van der Waals surface area (Å²) in [4.78, 5) is 2.61. The van der Waals surface area contributed by atoms with Crippen molar-refractivity contribution in [3.63, 3.8) is 0 Å². The number of nitrogens with one attached hydrogen (secondary N) is 1. The molecule has 2 heteroatoms. The Morgan fingerprint density at radius 3 is 3.00 bits per heavy atom. The lowest BCUT2D eigenvalue weighted by atomic mass is 9.85. The van der Waals surface area contributed by atoms with Crippen LogP contribution in [-0.2, 0) is 0 Å². The van der Waals surface area contributed by atoms with Crippen LogP contribution in [0.3, 0.4) is 0 Å². The van der Waals surface area contributed by atoms with Crippen molar-refractivity contribution >= 4 is 0 Å². The quantitative estimate of drug-likeness (QED) is 0.598. The van der Waals surface area contributed by atoms with E-state index in [2.05, 4.69) is 17.3 Å². The van der Waals surface area contributed by atoms with Gasteiger partial charge in [-0.3, -0.25) is 0 Å². The molecule has 0 aromatic heterocycles. The summed E-state index contributed by atoms with van der Waals surface area (Å²) in [6.07, 6.45) is 4.23. The summed E-state index contributed by atoms with van der Waals surface area (Å²) in [7, 11) is 2.11. The Hall–Kier alpha value is -0.0800. The van der Waals surface area contributed by atoms with E-state index in [4.69, 9.17) is 0 Å². The fourth-order valence-electron chi connectivity index (χ4n) is 2.56. The van der Waals surface area contributed by atoms with Crippen molar-refractivity contribution in [3.05, 3.63) is 0 Å². The van der Waals surface area contributed by atoms with Gasteiger partial charge in [0.2, 0.25) is 0 Å². The smallest absolute Gasteiger partial charge is 0.0117 e. The minimum absolute atomic E-state index is 0.812. The van der Waals surface area contributed by atoms with Crippen molar-refractivity contribution < 1.29 is 0 Å². The van der Waals surface area contributed by atoms with Crippen LogP contribution >= 0.6 is 0 Å². The van der Waals surface area contributed by atoms with E-state index < -0.39 is 0 Å². The van der Waals surface area contributed by atoms with Crippen LogP contribution < -0.4 is 5.32 Å². The van der Waals surface area contributed by atoms with E-state index in [9.17, 15) is 0 Å². The van der Waals surface area contributed by atoms with Crippen molar-refractivity contribution in [1.29, 1.82) is 0 Å². The molecule has 0 radical (unpaired) electrons. The van der Waals surface area contributed by atoms with Crippen molar-refractivity contribution in [1.82, 2.24) is 10.2 Å². The molecule has 2 nitrogen and oxygen atoms in total. The number of nitrogens with zero attached hydrogens (tertiary/aromatic N) is 1. The molecule has 2 aliphatic rings. The Bertz CT molecular complexity index is 136. The van der Waals surface area contributed by atoms with E-state index in [1.165, 1.54) is 38.9 Å². The lowest BCUT2D eigenvalue weighted by Gasteiger charge is -2.42. The first-order valence-electron chi connectivity index (χ1n) is 4.80. The normalized spacial score (nSPS) is 43.9. The summed E-state index contributed by atoms with van der Waals surface area (Å²) in [5.41, 5.74) is 0. The molecule has 3 atom stereocenters. The first kappa shape index (κ1) is 7.56. The minimum Gasteiger partial charge on any atom is -0.317 e. The second-order valence-corrected chi connectivity index (χ2v) is 3.89. The Balaban J connectivity index is 1.97. The van der Waals surface area contributed by atoms with Crippen molar-refractivity contribution in [2.24, 2.45) is 5.92 Å². The van der Waals surface area contributed by atoms with E-state index in [-0.39, 0.29) is 0 Å². The van der Waals surface area contributed by atoms with E-state index in [1.54, 1.807) is 0 Å². The van der Waals surface area contributed by atoms with Gasteiger partial charge < -0.3 is 10.2 Å². The first-order valence-corrected chi connectivity index (χ1v) is 4.80. The zero-order valence-electron chi connectivity index (χ0n) is 7.34. The maximum Gasteiger partial charge on any atom is 0.0117 e. The van der Waals surface area contributed by atoms with Gasteiger partial charge in [0.25, 0.3) is 0 Å². The highest BCUT2D eigenvalue weighted by molar-refractivity contribution is 4.87. The van der Waals surface area contributed by atoms with Crippen LogP contribution in [-0.4, -0.2) is 37.6 Å².